The molecule has 38 heavy (non-hydrogen) atoms. The number of piperazine rings is 1. The first kappa shape index (κ1) is 25.3. The van der Waals surface area contributed by atoms with E-state index >= 15 is 0 Å². The number of hydrazone groups is 1. The van der Waals surface area contributed by atoms with Crippen LogP contribution in [0.3, 0.4) is 0 Å². The third-order valence-electron chi connectivity index (χ3n) is 6.26. The van der Waals surface area contributed by atoms with Crippen LogP contribution in [0.25, 0.3) is 10.9 Å². The van der Waals surface area contributed by atoms with Gasteiger partial charge >= 0.3 is 0 Å². The SMILES string of the molecule is COCCC(C(=O)Nc1ccc2nn(C)cc2c1)N1CC(=O)N(c2cc(Cl)ccc2N2NC=NN2)CC1=O. The first-order valence-electron chi connectivity index (χ1n) is 11.8. The molecule has 1 fully saturated rings. The lowest BCUT2D eigenvalue weighted by Crippen LogP contribution is -2.60. The highest BCUT2D eigenvalue weighted by Gasteiger charge is 2.39. The van der Waals surface area contributed by atoms with E-state index < -0.39 is 11.9 Å². The summed E-state index contributed by atoms with van der Waals surface area (Å²) in [6, 6.07) is 9.42. The fourth-order valence-electron chi connectivity index (χ4n) is 4.47. The first-order valence-corrected chi connectivity index (χ1v) is 12.2. The molecule has 5 rings (SSSR count). The number of fused-ring (bicyclic) bond motifs is 1. The molecule has 0 saturated carbocycles. The summed E-state index contributed by atoms with van der Waals surface area (Å²) in [5.41, 5.74) is 7.94. The maximum atomic E-state index is 13.4. The van der Waals surface area contributed by atoms with Crippen molar-refractivity contribution in [1.29, 1.82) is 0 Å². The van der Waals surface area contributed by atoms with Crippen LogP contribution in [0.5, 0.6) is 0 Å². The lowest BCUT2D eigenvalue weighted by atomic mass is 10.1. The zero-order chi connectivity index (χ0) is 26.8. The van der Waals surface area contributed by atoms with E-state index in [0.29, 0.717) is 22.1 Å². The molecule has 0 spiro atoms. The molecule has 2 aromatic carbocycles. The number of carbonyl (C=O) groups is 3. The molecule has 14 heteroatoms. The third-order valence-corrected chi connectivity index (χ3v) is 6.49. The maximum Gasteiger partial charge on any atom is 0.247 e. The van der Waals surface area contributed by atoms with Crippen LogP contribution in [0.15, 0.2) is 47.7 Å². The number of carbonyl (C=O) groups excluding carboxylic acids is 3. The van der Waals surface area contributed by atoms with Gasteiger partial charge in [-0.1, -0.05) is 11.6 Å². The summed E-state index contributed by atoms with van der Waals surface area (Å²) in [7, 11) is 3.33. The van der Waals surface area contributed by atoms with Gasteiger partial charge < -0.3 is 15.0 Å². The number of nitrogens with zero attached hydrogens (tertiary/aromatic N) is 6. The number of methoxy groups -OCH3 is 1. The number of aromatic nitrogens is 2. The maximum absolute atomic E-state index is 13.4. The highest BCUT2D eigenvalue weighted by atomic mass is 35.5. The molecule has 0 bridgehead atoms. The molecule has 3 aromatic rings. The van der Waals surface area contributed by atoms with Crippen molar-refractivity contribution < 1.29 is 19.1 Å². The summed E-state index contributed by atoms with van der Waals surface area (Å²) in [4.78, 5) is 42.8. The van der Waals surface area contributed by atoms with Crippen molar-refractivity contribution in [3.05, 3.63) is 47.6 Å². The molecule has 3 heterocycles. The van der Waals surface area contributed by atoms with Crippen LogP contribution in [-0.4, -0.2) is 71.6 Å². The number of halogens is 1. The second-order valence-corrected chi connectivity index (χ2v) is 9.26. The predicted octanol–water partition coefficient (Wildman–Crippen LogP) is 1.22. The molecule has 2 aliphatic heterocycles. The Morgan fingerprint density at radius 3 is 2.76 bits per heavy atom. The summed E-state index contributed by atoms with van der Waals surface area (Å²) >= 11 is 6.22. The van der Waals surface area contributed by atoms with Crippen LogP contribution < -0.4 is 26.3 Å². The highest BCUT2D eigenvalue weighted by molar-refractivity contribution is 6.31. The standard InChI is InChI=1S/C24H26ClN9O4/c1-31-11-15-9-17(4-5-18(15)29-31)28-24(37)20(7-8-38-2)32-12-23(36)33(13-22(32)35)21-10-16(25)3-6-19(21)34-27-14-26-30-34/h3-6,9-11,14,20,30H,7-8,12-13H2,1-2H3,(H,26,27)(H,28,37). The zero-order valence-electron chi connectivity index (χ0n) is 20.7. The fourth-order valence-corrected chi connectivity index (χ4v) is 4.64. The summed E-state index contributed by atoms with van der Waals surface area (Å²) < 4.78 is 6.88. The van der Waals surface area contributed by atoms with Crippen molar-refractivity contribution in [2.75, 3.05) is 42.1 Å². The van der Waals surface area contributed by atoms with Crippen LogP contribution >= 0.6 is 11.6 Å². The highest BCUT2D eigenvalue weighted by Crippen LogP contribution is 2.33. The van der Waals surface area contributed by atoms with E-state index in [-0.39, 0.29) is 37.9 Å². The van der Waals surface area contributed by atoms with Crippen LogP contribution in [-0.2, 0) is 26.2 Å². The van der Waals surface area contributed by atoms with Gasteiger partial charge in [0.25, 0.3) is 0 Å². The second kappa shape index (κ2) is 10.6. The Labute approximate surface area is 222 Å². The minimum atomic E-state index is -0.910. The molecule has 2 aliphatic rings. The Kier molecular flexibility index (Phi) is 7.03. The summed E-state index contributed by atoms with van der Waals surface area (Å²) in [5, 5.41) is 13.9. The van der Waals surface area contributed by atoms with Crippen molar-refractivity contribution >= 4 is 63.6 Å². The number of hydrazine groups is 2. The quantitative estimate of drug-likeness (QED) is 0.389. The van der Waals surface area contributed by atoms with Gasteiger partial charge in [0.05, 0.1) is 11.2 Å². The van der Waals surface area contributed by atoms with Gasteiger partial charge in [0.2, 0.25) is 17.7 Å². The number of rotatable bonds is 8. The van der Waals surface area contributed by atoms with Crippen molar-refractivity contribution in [3.8, 4) is 0 Å². The zero-order valence-corrected chi connectivity index (χ0v) is 21.5. The minimum Gasteiger partial charge on any atom is -0.385 e. The van der Waals surface area contributed by atoms with Gasteiger partial charge in [0.1, 0.15) is 31.2 Å². The number of anilines is 3. The van der Waals surface area contributed by atoms with Crippen LogP contribution in [0.1, 0.15) is 6.42 Å². The number of benzene rings is 2. The van der Waals surface area contributed by atoms with Crippen LogP contribution in [0.2, 0.25) is 5.02 Å². The second-order valence-electron chi connectivity index (χ2n) is 8.82. The fraction of sp³-hybridized carbons (Fsp3) is 0.292. The normalized spacial score (nSPS) is 16.1. The van der Waals surface area contributed by atoms with Gasteiger partial charge in [-0.25, -0.2) is 0 Å². The average molecular weight is 540 g/mol. The first-order chi connectivity index (χ1) is 18.3. The van der Waals surface area contributed by atoms with E-state index in [1.165, 1.54) is 28.4 Å². The monoisotopic (exact) mass is 539 g/mol. The van der Waals surface area contributed by atoms with Crippen LogP contribution in [0, 0.1) is 0 Å². The summed E-state index contributed by atoms with van der Waals surface area (Å²) in [6.07, 6.45) is 3.50. The summed E-state index contributed by atoms with van der Waals surface area (Å²) in [5.74, 6) is -1.15. The number of ether oxygens (including phenoxy) is 1. The number of amides is 3. The Hall–Kier alpha value is -4.36. The topological polar surface area (TPSA) is 136 Å². The van der Waals surface area contributed by atoms with Crippen molar-refractivity contribution in [2.45, 2.75) is 12.5 Å². The molecular weight excluding hydrogens is 514 g/mol. The third kappa shape index (κ3) is 5.06. The lowest BCUT2D eigenvalue weighted by Gasteiger charge is -2.38. The molecule has 0 aliphatic carbocycles. The molecule has 1 aromatic heterocycles. The minimum absolute atomic E-state index is 0.220. The lowest BCUT2D eigenvalue weighted by molar-refractivity contribution is -0.144. The molecule has 3 N–H and O–H groups in total. The largest absolute Gasteiger partial charge is 0.385 e. The van der Waals surface area contributed by atoms with Gasteiger partial charge in [-0.2, -0.15) is 15.8 Å². The molecule has 13 nitrogen and oxygen atoms in total. The van der Waals surface area contributed by atoms with E-state index in [1.54, 1.807) is 35.0 Å². The molecule has 198 valence electrons. The average Bonchev–Trinajstić information content (AvgIpc) is 3.55. The van der Waals surface area contributed by atoms with Gasteiger partial charge in [-0.05, 0) is 36.4 Å². The van der Waals surface area contributed by atoms with E-state index in [9.17, 15) is 14.4 Å². The van der Waals surface area contributed by atoms with Gasteiger partial charge in [-0.3, -0.25) is 29.4 Å². The van der Waals surface area contributed by atoms with Crippen LogP contribution in [0.4, 0.5) is 17.1 Å². The number of hydrogen-bond donors (Lipinski definition) is 3. The smallest absolute Gasteiger partial charge is 0.247 e. The Bertz CT molecular complexity index is 1420. The van der Waals surface area contributed by atoms with Crippen molar-refractivity contribution in [3.63, 3.8) is 0 Å². The molecular formula is C24H26ClN9O4. The van der Waals surface area contributed by atoms with Gasteiger partial charge in [-0.15, -0.1) is 5.10 Å². The molecule has 1 saturated heterocycles. The van der Waals surface area contributed by atoms with Crippen molar-refractivity contribution in [2.24, 2.45) is 12.1 Å². The van der Waals surface area contributed by atoms with E-state index in [4.69, 9.17) is 16.3 Å². The molecule has 1 unspecified atom stereocenters. The number of nitrogens with one attached hydrogen (secondary N) is 3. The van der Waals surface area contributed by atoms with Gasteiger partial charge in [0.15, 0.2) is 0 Å². The Morgan fingerprint density at radius 2 is 2.00 bits per heavy atom. The number of aryl methyl sites for hydroxylation is 1. The van der Waals surface area contributed by atoms with E-state index in [1.807, 2.05) is 19.3 Å². The Balaban J connectivity index is 1.36. The van der Waals surface area contributed by atoms with Crippen molar-refractivity contribution in [1.82, 2.24) is 25.6 Å². The molecule has 1 atom stereocenters. The molecule has 0 radical (unpaired) electrons. The summed E-state index contributed by atoms with van der Waals surface area (Å²) in [6.45, 7) is -0.322. The molecule has 3 amide bonds. The predicted molar refractivity (Wildman–Crippen MR) is 142 cm³/mol. The number of hydrogen-bond acceptors (Lipinski definition) is 9. The Morgan fingerprint density at radius 1 is 1.16 bits per heavy atom. The van der Waals surface area contributed by atoms with E-state index in [0.717, 1.165) is 10.9 Å². The van der Waals surface area contributed by atoms with Gasteiger partial charge in [0, 0.05) is 49.5 Å². The van der Waals surface area contributed by atoms with E-state index in [2.05, 4.69) is 26.5 Å².